The Morgan fingerprint density at radius 1 is 1.00 bits per heavy atom. The summed E-state index contributed by atoms with van der Waals surface area (Å²) in [6.45, 7) is 2.96. The van der Waals surface area contributed by atoms with Crippen LogP contribution in [0.3, 0.4) is 0 Å². The van der Waals surface area contributed by atoms with Crippen LogP contribution in [0.4, 0.5) is 0 Å². The van der Waals surface area contributed by atoms with E-state index >= 15 is 0 Å². The van der Waals surface area contributed by atoms with Crippen molar-refractivity contribution in [2.45, 2.75) is 13.8 Å². The first-order valence-corrected chi connectivity index (χ1v) is 3.78. The molecule has 4 nitrogen and oxygen atoms in total. The van der Waals surface area contributed by atoms with Gasteiger partial charge in [0.25, 0.3) is 0 Å². The Hall–Kier alpha value is -1.84. The summed E-state index contributed by atoms with van der Waals surface area (Å²) in [5, 5.41) is 0. The predicted molar refractivity (Wildman–Crippen MR) is 51.8 cm³/mol. The Morgan fingerprint density at radius 3 is 1.79 bits per heavy atom. The third-order valence-electron chi connectivity index (χ3n) is 0.935. The summed E-state index contributed by atoms with van der Waals surface area (Å²) in [6, 6.07) is 0. The van der Waals surface area contributed by atoms with E-state index in [2.05, 4.69) is 0 Å². The molecule has 0 aliphatic heterocycles. The van der Waals surface area contributed by atoms with Gasteiger partial charge in [0, 0.05) is 6.92 Å². The van der Waals surface area contributed by atoms with Gasteiger partial charge in [0.05, 0.1) is 0 Å². The van der Waals surface area contributed by atoms with E-state index < -0.39 is 5.78 Å². The first kappa shape index (κ1) is 14.7. The van der Waals surface area contributed by atoms with Gasteiger partial charge in [-0.25, -0.2) is 0 Å². The summed E-state index contributed by atoms with van der Waals surface area (Å²) < 4.78 is 0. The molecule has 4 heteroatoms. The van der Waals surface area contributed by atoms with E-state index in [-0.39, 0.29) is 6.29 Å². The summed E-state index contributed by atoms with van der Waals surface area (Å²) in [5.41, 5.74) is 0.775. The molecule has 0 aliphatic rings. The SMILES string of the molecule is CC(=O)C=O.CC(C=CC=O)=CC=O. The molecular weight excluding hydrogens is 184 g/mol. The van der Waals surface area contributed by atoms with Crippen LogP contribution in [0.25, 0.3) is 0 Å². The number of allylic oxidation sites excluding steroid dienone is 4. The second-order valence-corrected chi connectivity index (χ2v) is 2.27. The zero-order valence-corrected chi connectivity index (χ0v) is 8.10. The number of carbonyl (C=O) groups excluding carboxylic acids is 4. The summed E-state index contributed by atoms with van der Waals surface area (Å²) in [4.78, 5) is 38.1. The van der Waals surface area contributed by atoms with Crippen molar-refractivity contribution >= 4 is 24.6 Å². The lowest BCUT2D eigenvalue weighted by Gasteiger charge is -1.80. The van der Waals surface area contributed by atoms with Crippen molar-refractivity contribution in [3.05, 3.63) is 23.8 Å². The third-order valence-corrected chi connectivity index (χ3v) is 0.935. The molecule has 0 amide bonds. The molecule has 0 unspecified atom stereocenters. The van der Waals surface area contributed by atoms with Gasteiger partial charge in [-0.2, -0.15) is 0 Å². The molecule has 0 rings (SSSR count). The van der Waals surface area contributed by atoms with Crippen LogP contribution < -0.4 is 0 Å². The molecule has 0 bridgehead atoms. The highest BCUT2D eigenvalue weighted by Gasteiger charge is 1.76. The maximum Gasteiger partial charge on any atom is 0.192 e. The minimum atomic E-state index is -0.426. The highest BCUT2D eigenvalue weighted by Crippen LogP contribution is 1.90. The topological polar surface area (TPSA) is 68.3 Å². The van der Waals surface area contributed by atoms with Crippen molar-refractivity contribution < 1.29 is 19.2 Å². The molecular formula is C10H12O4. The average Bonchev–Trinajstić information content (AvgIpc) is 2.16. The van der Waals surface area contributed by atoms with Crippen LogP contribution >= 0.6 is 0 Å². The zero-order valence-electron chi connectivity index (χ0n) is 8.10. The van der Waals surface area contributed by atoms with Crippen LogP contribution in [0.15, 0.2) is 23.8 Å². The van der Waals surface area contributed by atoms with Gasteiger partial charge < -0.3 is 0 Å². The van der Waals surface area contributed by atoms with E-state index in [9.17, 15) is 14.4 Å². The molecule has 0 saturated carbocycles. The number of aldehydes is 3. The van der Waals surface area contributed by atoms with Gasteiger partial charge in [0.1, 0.15) is 12.6 Å². The summed E-state index contributed by atoms with van der Waals surface area (Å²) >= 11 is 0. The van der Waals surface area contributed by atoms with Gasteiger partial charge in [0.15, 0.2) is 12.1 Å². The van der Waals surface area contributed by atoms with E-state index in [4.69, 9.17) is 4.79 Å². The van der Waals surface area contributed by atoms with Gasteiger partial charge in [-0.15, -0.1) is 0 Å². The molecule has 0 spiro atoms. The Kier molecular flexibility index (Phi) is 11.7. The van der Waals surface area contributed by atoms with E-state index in [0.717, 1.165) is 5.57 Å². The van der Waals surface area contributed by atoms with Crippen LogP contribution in [-0.2, 0) is 19.2 Å². The van der Waals surface area contributed by atoms with Gasteiger partial charge in [-0.1, -0.05) is 6.08 Å². The lowest BCUT2D eigenvalue weighted by atomic mass is 10.3. The summed E-state index contributed by atoms with van der Waals surface area (Å²) in [5.74, 6) is -0.426. The largest absolute Gasteiger partial charge is 0.299 e. The van der Waals surface area contributed by atoms with Crippen molar-refractivity contribution in [3.8, 4) is 0 Å². The van der Waals surface area contributed by atoms with Crippen molar-refractivity contribution in [1.82, 2.24) is 0 Å². The minimum Gasteiger partial charge on any atom is -0.299 e. The lowest BCUT2D eigenvalue weighted by Crippen LogP contribution is -1.85. The number of hydrogen-bond donors (Lipinski definition) is 0. The number of carbonyl (C=O) groups is 4. The summed E-state index contributed by atoms with van der Waals surface area (Å²) in [7, 11) is 0. The van der Waals surface area contributed by atoms with Gasteiger partial charge in [0.2, 0.25) is 0 Å². The van der Waals surface area contributed by atoms with E-state index in [1.165, 1.54) is 19.1 Å². The lowest BCUT2D eigenvalue weighted by molar-refractivity contribution is -0.128. The second kappa shape index (κ2) is 11.2. The number of ketones is 1. The average molecular weight is 196 g/mol. The molecule has 0 aromatic rings. The van der Waals surface area contributed by atoms with Crippen molar-refractivity contribution in [2.24, 2.45) is 0 Å². The molecule has 0 saturated heterocycles. The fourth-order valence-electron chi connectivity index (χ4n) is 0.354. The van der Waals surface area contributed by atoms with Crippen LogP contribution in [-0.4, -0.2) is 24.6 Å². The van der Waals surface area contributed by atoms with Gasteiger partial charge >= 0.3 is 0 Å². The molecule has 0 aliphatic carbocycles. The molecule has 0 heterocycles. The molecule has 0 aromatic carbocycles. The monoisotopic (exact) mass is 196 g/mol. The molecule has 0 N–H and O–H groups in total. The second-order valence-electron chi connectivity index (χ2n) is 2.27. The first-order valence-electron chi connectivity index (χ1n) is 3.78. The van der Waals surface area contributed by atoms with Crippen molar-refractivity contribution in [3.63, 3.8) is 0 Å². The van der Waals surface area contributed by atoms with E-state index in [1.54, 1.807) is 13.0 Å². The Morgan fingerprint density at radius 2 is 1.50 bits per heavy atom. The maximum absolute atomic E-state index is 9.78. The van der Waals surface area contributed by atoms with Crippen LogP contribution in [0.2, 0.25) is 0 Å². The number of hydrogen-bond acceptors (Lipinski definition) is 4. The van der Waals surface area contributed by atoms with Crippen molar-refractivity contribution in [1.29, 1.82) is 0 Å². The molecule has 76 valence electrons. The minimum absolute atomic E-state index is 0.278. The van der Waals surface area contributed by atoms with E-state index in [0.29, 0.717) is 12.6 Å². The zero-order chi connectivity index (χ0) is 11.4. The Balaban J connectivity index is 0. The third kappa shape index (κ3) is 16.6. The summed E-state index contributed by atoms with van der Waals surface area (Å²) in [6.07, 6.45) is 5.93. The van der Waals surface area contributed by atoms with Gasteiger partial charge in [-0.05, 0) is 24.6 Å². The quantitative estimate of drug-likeness (QED) is 0.286. The fraction of sp³-hybridized carbons (Fsp3) is 0.200. The highest BCUT2D eigenvalue weighted by molar-refractivity contribution is 6.23. The van der Waals surface area contributed by atoms with Crippen LogP contribution in [0, 0.1) is 0 Å². The fourth-order valence-corrected chi connectivity index (χ4v) is 0.354. The predicted octanol–water partition coefficient (Wildman–Crippen LogP) is 0.661. The molecule has 0 aromatic heterocycles. The molecule has 0 fully saturated rings. The number of rotatable bonds is 4. The standard InChI is InChI=1S/C7H8O2.C3H4O2/c1-7(4-6-9)3-2-5-8;1-3(5)2-4/h2-6H,1H3;2H,1H3. The Bertz CT molecular complexity index is 261. The molecule has 0 radical (unpaired) electrons. The number of Topliss-reactive ketones (excluding diaryl/α,β-unsaturated/α-hetero) is 1. The van der Waals surface area contributed by atoms with Crippen molar-refractivity contribution in [2.75, 3.05) is 0 Å². The molecule has 0 atom stereocenters. The Labute approximate surface area is 82.3 Å². The van der Waals surface area contributed by atoms with Crippen LogP contribution in [0.1, 0.15) is 13.8 Å². The molecule has 14 heavy (non-hydrogen) atoms. The smallest absolute Gasteiger partial charge is 0.192 e. The van der Waals surface area contributed by atoms with Gasteiger partial charge in [-0.3, -0.25) is 19.2 Å². The van der Waals surface area contributed by atoms with Crippen LogP contribution in [0.5, 0.6) is 0 Å². The van der Waals surface area contributed by atoms with E-state index in [1.807, 2.05) is 0 Å². The maximum atomic E-state index is 9.78. The first-order chi connectivity index (χ1) is 6.58. The highest BCUT2D eigenvalue weighted by atomic mass is 16.2. The normalized spacial score (nSPS) is 10.0.